The maximum Gasteiger partial charge on any atom is 0.408 e. The van der Waals surface area contributed by atoms with Crippen LogP contribution in [0.3, 0.4) is 0 Å². The van der Waals surface area contributed by atoms with Crippen molar-refractivity contribution in [2.45, 2.75) is 55.9 Å². The summed E-state index contributed by atoms with van der Waals surface area (Å²) in [5.74, 6) is -2.71. The van der Waals surface area contributed by atoms with E-state index in [1.165, 1.54) is 12.1 Å². The summed E-state index contributed by atoms with van der Waals surface area (Å²) in [6.45, 7) is 5.55. The highest BCUT2D eigenvalue weighted by molar-refractivity contribution is 7.92. The van der Waals surface area contributed by atoms with Crippen molar-refractivity contribution in [1.82, 2.24) is 16.0 Å². The molecule has 13 heteroatoms. The number of carbonyl (C=O) groups is 3. The van der Waals surface area contributed by atoms with Crippen LogP contribution in [-0.2, 0) is 24.2 Å². The molecule has 0 aliphatic heterocycles. The molecule has 0 fully saturated rings. The van der Waals surface area contributed by atoms with Gasteiger partial charge in [-0.2, -0.15) is 0 Å². The molecular weight excluding hydrogens is 454 g/mol. The topological polar surface area (TPSA) is 201 Å². The lowest BCUT2D eigenvalue weighted by molar-refractivity contribution is -0.138. The highest BCUT2D eigenvalue weighted by Gasteiger charge is 2.34. The second-order valence-corrected chi connectivity index (χ2v) is 10.5. The van der Waals surface area contributed by atoms with Gasteiger partial charge in [0.1, 0.15) is 18.2 Å². The molecule has 0 aliphatic carbocycles. The summed E-state index contributed by atoms with van der Waals surface area (Å²) < 4.78 is 31.7. The van der Waals surface area contributed by atoms with Crippen molar-refractivity contribution in [2.75, 3.05) is 13.1 Å². The van der Waals surface area contributed by atoms with Crippen molar-refractivity contribution in [1.29, 1.82) is 5.41 Å². The van der Waals surface area contributed by atoms with Gasteiger partial charge in [0, 0.05) is 6.54 Å². The first-order valence-corrected chi connectivity index (χ1v) is 11.5. The van der Waals surface area contributed by atoms with E-state index in [0.717, 1.165) is 5.56 Å². The molecule has 2 amide bonds. The molecule has 0 bridgehead atoms. The molecule has 1 aromatic carbocycles. The number of nitrogens with two attached hydrogens (primary N) is 1. The fourth-order valence-corrected chi connectivity index (χ4v) is 4.34. The predicted molar refractivity (Wildman–Crippen MR) is 120 cm³/mol. The Labute approximate surface area is 192 Å². The number of alkyl carbamates (subject to hydrolysis) is 1. The van der Waals surface area contributed by atoms with E-state index in [9.17, 15) is 22.8 Å². The fraction of sp³-hybridized carbons (Fsp3) is 0.500. The average molecular weight is 486 g/mol. The molecule has 0 aromatic heterocycles. The summed E-state index contributed by atoms with van der Waals surface area (Å²) in [6.07, 6.45) is -1.43. The number of aliphatic carboxylic acids is 1. The van der Waals surface area contributed by atoms with Crippen LogP contribution in [0.1, 0.15) is 32.8 Å². The van der Waals surface area contributed by atoms with Crippen LogP contribution in [0.2, 0.25) is 0 Å². The van der Waals surface area contributed by atoms with Gasteiger partial charge >= 0.3 is 12.1 Å². The van der Waals surface area contributed by atoms with E-state index in [-0.39, 0.29) is 11.4 Å². The molecule has 0 heterocycles. The summed E-state index contributed by atoms with van der Waals surface area (Å²) >= 11 is 0. The van der Waals surface area contributed by atoms with Crippen molar-refractivity contribution in [2.24, 2.45) is 5.73 Å². The number of benzene rings is 1. The van der Waals surface area contributed by atoms with Gasteiger partial charge in [-0.15, -0.1) is 0 Å². The molecule has 2 atom stereocenters. The minimum Gasteiger partial charge on any atom is -0.480 e. The van der Waals surface area contributed by atoms with Gasteiger partial charge in [-0.25, -0.2) is 13.2 Å². The van der Waals surface area contributed by atoms with E-state index < -0.39 is 63.6 Å². The molecule has 1 unspecified atom stereocenters. The van der Waals surface area contributed by atoms with E-state index in [1.54, 1.807) is 39.8 Å². The Morgan fingerprint density at radius 1 is 1.15 bits per heavy atom. The third-order valence-corrected chi connectivity index (χ3v) is 6.39. The lowest BCUT2D eigenvalue weighted by Crippen LogP contribution is -2.52. The molecule has 0 aliphatic rings. The standard InChI is InChI=1S/C20H31N5O7S/c1-12-5-7-13(8-6-12)33(30,31)14(10-24-18(21)22)9-15(17(28)23-11-16(26)27)25-19(29)32-20(2,3)4/h5-8,14-15H,9-11H2,1-4H3,(H,23,28)(H,25,29)(H,26,27)(H4,21,22,24)/t14?,15-/m0/s1. The molecule has 33 heavy (non-hydrogen) atoms. The molecule has 0 saturated carbocycles. The lowest BCUT2D eigenvalue weighted by Gasteiger charge is -2.26. The average Bonchev–Trinajstić information content (AvgIpc) is 2.66. The number of rotatable bonds is 10. The Morgan fingerprint density at radius 3 is 2.21 bits per heavy atom. The Balaban J connectivity index is 3.27. The third kappa shape index (κ3) is 9.76. The first-order chi connectivity index (χ1) is 15.1. The summed E-state index contributed by atoms with van der Waals surface area (Å²) in [7, 11) is -4.05. The van der Waals surface area contributed by atoms with Gasteiger partial charge in [0.2, 0.25) is 5.91 Å². The molecule has 184 valence electrons. The van der Waals surface area contributed by atoms with E-state index in [2.05, 4.69) is 16.0 Å². The van der Waals surface area contributed by atoms with Gasteiger partial charge in [0.05, 0.1) is 10.1 Å². The zero-order valence-corrected chi connectivity index (χ0v) is 19.8. The monoisotopic (exact) mass is 485 g/mol. The Hall–Kier alpha value is -3.35. The number of hydrogen-bond acceptors (Lipinski definition) is 7. The summed E-state index contributed by atoms with van der Waals surface area (Å²) in [4.78, 5) is 35.7. The van der Waals surface area contributed by atoms with Gasteiger partial charge < -0.3 is 31.5 Å². The maximum atomic E-state index is 13.3. The fourth-order valence-electron chi connectivity index (χ4n) is 2.69. The Kier molecular flexibility index (Phi) is 9.64. The quantitative estimate of drug-likeness (QED) is 0.196. The van der Waals surface area contributed by atoms with Crippen molar-refractivity contribution in [3.8, 4) is 0 Å². The van der Waals surface area contributed by atoms with E-state index in [0.29, 0.717) is 0 Å². The van der Waals surface area contributed by atoms with E-state index in [4.69, 9.17) is 21.0 Å². The molecular formula is C20H31N5O7S. The number of hydrogen-bond donors (Lipinski definition) is 6. The number of aryl methyl sites for hydroxylation is 1. The van der Waals surface area contributed by atoms with E-state index in [1.807, 2.05) is 0 Å². The molecule has 7 N–H and O–H groups in total. The number of ether oxygens (including phenoxy) is 1. The number of guanidine groups is 1. The van der Waals surface area contributed by atoms with Crippen LogP contribution in [0.4, 0.5) is 4.79 Å². The van der Waals surface area contributed by atoms with Gasteiger partial charge in [-0.3, -0.25) is 15.0 Å². The summed E-state index contributed by atoms with van der Waals surface area (Å²) in [5.41, 5.74) is 5.25. The minimum absolute atomic E-state index is 0.0228. The largest absolute Gasteiger partial charge is 0.480 e. The van der Waals surface area contributed by atoms with Crippen LogP contribution in [0, 0.1) is 12.3 Å². The number of carboxylic acids is 1. The second kappa shape index (κ2) is 11.5. The molecule has 12 nitrogen and oxygen atoms in total. The van der Waals surface area contributed by atoms with Crippen LogP contribution in [0.25, 0.3) is 0 Å². The van der Waals surface area contributed by atoms with Crippen LogP contribution < -0.4 is 21.7 Å². The number of carboxylic acid groups (broad SMARTS) is 1. The Morgan fingerprint density at radius 2 is 1.73 bits per heavy atom. The van der Waals surface area contributed by atoms with Gasteiger partial charge in [-0.1, -0.05) is 17.7 Å². The minimum atomic E-state index is -4.05. The lowest BCUT2D eigenvalue weighted by atomic mass is 10.1. The van der Waals surface area contributed by atoms with Gasteiger partial charge in [0.15, 0.2) is 15.8 Å². The first kappa shape index (κ1) is 27.7. The maximum absolute atomic E-state index is 13.3. The highest BCUT2D eigenvalue weighted by atomic mass is 32.2. The molecule has 0 saturated heterocycles. The highest BCUT2D eigenvalue weighted by Crippen LogP contribution is 2.20. The van der Waals surface area contributed by atoms with E-state index >= 15 is 0 Å². The van der Waals surface area contributed by atoms with Gasteiger partial charge in [-0.05, 0) is 46.2 Å². The van der Waals surface area contributed by atoms with Crippen molar-refractivity contribution >= 4 is 33.8 Å². The predicted octanol–water partition coefficient (Wildman–Crippen LogP) is 0.105. The number of nitrogens with one attached hydrogen (secondary N) is 4. The molecule has 0 radical (unpaired) electrons. The number of amides is 2. The second-order valence-electron chi connectivity index (χ2n) is 8.32. The van der Waals surface area contributed by atoms with Crippen LogP contribution in [0.15, 0.2) is 29.2 Å². The van der Waals surface area contributed by atoms with Crippen molar-refractivity contribution in [3.05, 3.63) is 29.8 Å². The summed E-state index contributed by atoms with van der Waals surface area (Å²) in [5, 5.41) is 21.7. The van der Waals surface area contributed by atoms with Crippen LogP contribution in [0.5, 0.6) is 0 Å². The number of carbonyl (C=O) groups excluding carboxylic acids is 2. The van der Waals surface area contributed by atoms with Crippen molar-refractivity contribution < 1.29 is 32.6 Å². The van der Waals surface area contributed by atoms with Gasteiger partial charge in [0.25, 0.3) is 0 Å². The number of sulfone groups is 1. The van der Waals surface area contributed by atoms with Crippen LogP contribution >= 0.6 is 0 Å². The normalized spacial score (nSPS) is 13.3. The zero-order valence-electron chi connectivity index (χ0n) is 19.0. The Bertz CT molecular complexity index is 972. The molecule has 1 aromatic rings. The summed E-state index contributed by atoms with van der Waals surface area (Å²) in [6, 6.07) is 4.59. The third-order valence-electron chi connectivity index (χ3n) is 4.23. The first-order valence-electron chi connectivity index (χ1n) is 9.99. The van der Waals surface area contributed by atoms with Crippen LogP contribution in [-0.4, -0.2) is 67.4 Å². The SMILES string of the molecule is Cc1ccc(S(=O)(=O)C(CNC(=N)N)C[C@H](NC(=O)OC(C)(C)C)C(=O)NCC(=O)O)cc1. The van der Waals surface area contributed by atoms with Crippen molar-refractivity contribution in [3.63, 3.8) is 0 Å². The molecule has 0 spiro atoms. The smallest absolute Gasteiger partial charge is 0.408 e. The molecule has 1 rings (SSSR count). The zero-order chi connectivity index (χ0) is 25.4.